The van der Waals surface area contributed by atoms with Crippen LogP contribution in [0.3, 0.4) is 0 Å². The molecule has 0 aromatic heterocycles. The molecule has 31 heavy (non-hydrogen) atoms. The van der Waals surface area contributed by atoms with Gasteiger partial charge in [0.15, 0.2) is 0 Å². The molecule has 5 aliphatic carbocycles. The van der Waals surface area contributed by atoms with Gasteiger partial charge in [0.05, 0.1) is 0 Å². The highest BCUT2D eigenvalue weighted by Crippen LogP contribution is 2.51. The molecule has 0 saturated heterocycles. The third-order valence-electron chi connectivity index (χ3n) is 10.7. The fraction of sp³-hybridized carbons (Fsp3) is 0.931. The molecular formula is C29H46F2. The van der Waals surface area contributed by atoms with Crippen LogP contribution < -0.4 is 0 Å². The highest BCUT2D eigenvalue weighted by atomic mass is 19.2. The lowest BCUT2D eigenvalue weighted by molar-refractivity contribution is -0.00207. The Kier molecular flexibility index (Phi) is 7.11. The third-order valence-corrected chi connectivity index (χ3v) is 10.7. The summed E-state index contributed by atoms with van der Waals surface area (Å²) in [7, 11) is 0. The lowest BCUT2D eigenvalue weighted by atomic mass is 9.60. The summed E-state index contributed by atoms with van der Waals surface area (Å²) in [6.45, 7) is 2.34. The van der Waals surface area contributed by atoms with Crippen molar-refractivity contribution in [2.45, 2.75) is 122 Å². The monoisotopic (exact) mass is 432 g/mol. The van der Waals surface area contributed by atoms with Gasteiger partial charge in [-0.3, -0.25) is 0 Å². The highest BCUT2D eigenvalue weighted by Gasteiger charge is 2.44. The quantitative estimate of drug-likeness (QED) is 0.389. The molecule has 0 aromatic carbocycles. The van der Waals surface area contributed by atoms with E-state index >= 15 is 0 Å². The fourth-order valence-electron chi connectivity index (χ4n) is 8.89. The molecule has 5 aliphatic rings. The van der Waals surface area contributed by atoms with E-state index in [2.05, 4.69) is 13.0 Å². The van der Waals surface area contributed by atoms with Gasteiger partial charge >= 0.3 is 0 Å². The van der Waals surface area contributed by atoms with Crippen molar-refractivity contribution < 1.29 is 8.78 Å². The lowest BCUT2D eigenvalue weighted by Gasteiger charge is -2.46. The molecule has 0 spiro atoms. The molecule has 0 aromatic rings. The molecular weight excluding hydrogens is 386 g/mol. The average Bonchev–Trinajstić information content (AvgIpc) is 2.81. The molecule has 0 bridgehead atoms. The zero-order chi connectivity index (χ0) is 21.4. The summed E-state index contributed by atoms with van der Waals surface area (Å²) < 4.78 is 28.2. The number of rotatable bonds is 4. The minimum absolute atomic E-state index is 0.0137. The van der Waals surface area contributed by atoms with Gasteiger partial charge in [-0.1, -0.05) is 44.3 Å². The van der Waals surface area contributed by atoms with Gasteiger partial charge in [-0.2, -0.15) is 0 Å². The topological polar surface area (TPSA) is 0 Å². The molecule has 4 fully saturated rings. The van der Waals surface area contributed by atoms with Gasteiger partial charge in [-0.05, 0) is 124 Å². The van der Waals surface area contributed by atoms with Gasteiger partial charge in [0.2, 0.25) is 0 Å². The molecule has 8 atom stereocenters. The van der Waals surface area contributed by atoms with Crippen molar-refractivity contribution in [2.24, 2.45) is 47.3 Å². The van der Waals surface area contributed by atoms with E-state index in [1.807, 2.05) is 0 Å². The zero-order valence-corrected chi connectivity index (χ0v) is 19.9. The Morgan fingerprint density at radius 1 is 0.742 bits per heavy atom. The van der Waals surface area contributed by atoms with Crippen molar-refractivity contribution >= 4 is 0 Å². The van der Waals surface area contributed by atoms with Gasteiger partial charge in [-0.25, -0.2) is 8.78 Å². The van der Waals surface area contributed by atoms with Crippen molar-refractivity contribution in [2.75, 3.05) is 0 Å². The predicted molar refractivity (Wildman–Crippen MR) is 125 cm³/mol. The van der Waals surface area contributed by atoms with E-state index in [-0.39, 0.29) is 5.92 Å². The van der Waals surface area contributed by atoms with Crippen molar-refractivity contribution in [1.29, 1.82) is 0 Å². The molecule has 2 heteroatoms. The average molecular weight is 433 g/mol. The maximum Gasteiger partial charge on any atom is 0.134 e. The van der Waals surface area contributed by atoms with Gasteiger partial charge < -0.3 is 0 Å². The molecule has 5 rings (SSSR count). The van der Waals surface area contributed by atoms with Crippen LogP contribution in [0.5, 0.6) is 0 Å². The first-order valence-electron chi connectivity index (χ1n) is 14.1. The Balaban J connectivity index is 1.14. The Labute approximate surface area is 190 Å². The van der Waals surface area contributed by atoms with Crippen molar-refractivity contribution in [3.8, 4) is 0 Å². The number of hydrogen-bond donors (Lipinski definition) is 0. The molecule has 0 heterocycles. The first kappa shape index (κ1) is 22.4. The van der Waals surface area contributed by atoms with Crippen LogP contribution in [0.2, 0.25) is 0 Å². The second kappa shape index (κ2) is 9.84. The van der Waals surface area contributed by atoms with Crippen LogP contribution >= 0.6 is 0 Å². The van der Waals surface area contributed by atoms with Crippen LogP contribution in [0.25, 0.3) is 0 Å². The summed E-state index contributed by atoms with van der Waals surface area (Å²) in [6, 6.07) is 0. The Hall–Kier alpha value is -0.400. The number of fused-ring (bicyclic) bond motifs is 2. The largest absolute Gasteiger partial charge is 0.244 e. The number of hydrogen-bond acceptors (Lipinski definition) is 0. The minimum Gasteiger partial charge on any atom is -0.244 e. The summed E-state index contributed by atoms with van der Waals surface area (Å²) in [4.78, 5) is 0. The van der Waals surface area contributed by atoms with Gasteiger partial charge in [-0.15, -0.1) is 0 Å². The predicted octanol–water partition coefficient (Wildman–Crippen LogP) is 8.85. The molecule has 0 aliphatic heterocycles. The highest BCUT2D eigenvalue weighted by molar-refractivity contribution is 5.16. The van der Waals surface area contributed by atoms with Crippen LogP contribution in [0.15, 0.2) is 11.6 Å². The lowest BCUT2D eigenvalue weighted by Crippen LogP contribution is -2.41. The van der Waals surface area contributed by atoms with Crippen LogP contribution in [0, 0.1) is 47.3 Å². The molecule has 4 saturated carbocycles. The smallest absolute Gasteiger partial charge is 0.134 e. The van der Waals surface area contributed by atoms with Crippen molar-refractivity contribution in [3.63, 3.8) is 0 Å². The maximum absolute atomic E-state index is 14.4. The zero-order valence-electron chi connectivity index (χ0n) is 19.9. The van der Waals surface area contributed by atoms with E-state index in [1.165, 1.54) is 70.6 Å². The summed E-state index contributed by atoms with van der Waals surface area (Å²) in [6.07, 6.45) is 20.8. The minimum atomic E-state index is -1.19. The van der Waals surface area contributed by atoms with Crippen LogP contribution in [-0.2, 0) is 0 Å². The van der Waals surface area contributed by atoms with Crippen molar-refractivity contribution in [1.82, 2.24) is 0 Å². The van der Waals surface area contributed by atoms with Crippen LogP contribution in [0.1, 0.15) is 110 Å². The van der Waals surface area contributed by atoms with Crippen molar-refractivity contribution in [3.05, 3.63) is 11.6 Å². The van der Waals surface area contributed by atoms with Crippen LogP contribution in [-0.4, -0.2) is 12.3 Å². The first-order chi connectivity index (χ1) is 15.1. The normalized spacial score (nSPS) is 48.4. The van der Waals surface area contributed by atoms with E-state index < -0.39 is 12.3 Å². The molecule has 176 valence electrons. The summed E-state index contributed by atoms with van der Waals surface area (Å²) in [5.41, 5.74) is 1.72. The Bertz CT molecular complexity index is 618. The summed E-state index contributed by atoms with van der Waals surface area (Å²) in [5, 5.41) is 0. The SMILES string of the molecule is CCCC1CCC(C2CCC3C=C(C4CCC5C(CCC(F)C5F)C4)CCC3C2)CC1. The second-order valence-corrected chi connectivity index (χ2v) is 12.3. The third kappa shape index (κ3) is 4.79. The Morgan fingerprint density at radius 2 is 1.52 bits per heavy atom. The fourth-order valence-corrected chi connectivity index (χ4v) is 8.89. The first-order valence-corrected chi connectivity index (χ1v) is 14.1. The standard InChI is InChI=1S/C29H46F2/c1-2-3-19-4-6-20(7-5-19)21-8-9-23-17-24(11-10-22(23)16-21)25-12-14-27-26(18-25)13-15-28(30)29(27)31/h17,19-23,25-29H,2-16,18H2,1H3. The van der Waals surface area contributed by atoms with E-state index in [1.54, 1.807) is 5.57 Å². The molecule has 0 N–H and O–H groups in total. The molecule has 0 radical (unpaired) electrons. The molecule has 0 amide bonds. The molecule has 0 nitrogen and oxygen atoms in total. The van der Waals surface area contributed by atoms with Gasteiger partial charge in [0.1, 0.15) is 12.3 Å². The van der Waals surface area contributed by atoms with Crippen LogP contribution in [0.4, 0.5) is 8.78 Å². The van der Waals surface area contributed by atoms with E-state index in [4.69, 9.17) is 0 Å². The maximum atomic E-state index is 14.4. The van der Waals surface area contributed by atoms with Gasteiger partial charge in [0.25, 0.3) is 0 Å². The molecule has 8 unspecified atom stereocenters. The number of allylic oxidation sites excluding steroid dienone is 2. The van der Waals surface area contributed by atoms with Gasteiger partial charge in [0, 0.05) is 0 Å². The summed E-state index contributed by atoms with van der Waals surface area (Å²) in [5.74, 6) is 5.95. The van der Waals surface area contributed by atoms with E-state index in [9.17, 15) is 8.78 Å². The summed E-state index contributed by atoms with van der Waals surface area (Å²) >= 11 is 0. The second-order valence-electron chi connectivity index (χ2n) is 12.3. The van der Waals surface area contributed by atoms with E-state index in [0.29, 0.717) is 18.3 Å². The van der Waals surface area contributed by atoms with E-state index in [0.717, 1.165) is 55.3 Å². The number of alkyl halides is 2. The Morgan fingerprint density at radius 3 is 2.32 bits per heavy atom. The number of halogens is 2.